The van der Waals surface area contributed by atoms with Crippen LogP contribution in [0.25, 0.3) is 0 Å². The second-order valence-electron chi connectivity index (χ2n) is 4.24. The summed E-state index contributed by atoms with van der Waals surface area (Å²) >= 11 is 0. The number of hydrogen-bond donors (Lipinski definition) is 2. The Labute approximate surface area is 111 Å². The molecule has 0 aliphatic carbocycles. The molecule has 0 fully saturated rings. The number of carbonyl (C=O) groups excluding carboxylic acids is 1. The first kappa shape index (κ1) is 13.1. The number of phenolic OH excluding ortho intramolecular Hbond substituents is 1. The Bertz CT molecular complexity index is 534. The maximum Gasteiger partial charge on any atom is 0.137 e. The molecule has 0 amide bonds. The molecule has 0 spiro atoms. The van der Waals surface area contributed by atoms with Crippen LogP contribution in [0.2, 0.25) is 0 Å². The Kier molecular flexibility index (Phi) is 4.15. The predicted molar refractivity (Wildman–Crippen MR) is 72.4 cm³/mol. The molecule has 0 aliphatic rings. The fourth-order valence-corrected chi connectivity index (χ4v) is 1.66. The number of phenols is 1. The van der Waals surface area contributed by atoms with Gasteiger partial charge in [-0.15, -0.1) is 0 Å². The lowest BCUT2D eigenvalue weighted by Crippen LogP contribution is -2.23. The van der Waals surface area contributed by atoms with E-state index in [2.05, 4.69) is 0 Å². The molecular formula is C15H15NO3. The van der Waals surface area contributed by atoms with Crippen molar-refractivity contribution in [2.24, 2.45) is 5.73 Å². The Balaban J connectivity index is 2.02. The van der Waals surface area contributed by atoms with Crippen molar-refractivity contribution < 1.29 is 14.6 Å². The van der Waals surface area contributed by atoms with Crippen LogP contribution in [0.4, 0.5) is 0 Å². The highest BCUT2D eigenvalue weighted by Gasteiger charge is 2.03. The number of aldehydes is 1. The number of hydrogen-bond acceptors (Lipinski definition) is 4. The van der Waals surface area contributed by atoms with Crippen LogP contribution < -0.4 is 10.5 Å². The Morgan fingerprint density at radius 2 is 1.58 bits per heavy atom. The van der Waals surface area contributed by atoms with E-state index < -0.39 is 6.04 Å². The van der Waals surface area contributed by atoms with Gasteiger partial charge < -0.3 is 20.4 Å². The van der Waals surface area contributed by atoms with Crippen LogP contribution in [-0.4, -0.2) is 17.4 Å². The van der Waals surface area contributed by atoms with Gasteiger partial charge in [0.1, 0.15) is 23.5 Å². The maximum atomic E-state index is 10.5. The van der Waals surface area contributed by atoms with E-state index >= 15 is 0 Å². The molecule has 0 saturated carbocycles. The minimum Gasteiger partial charge on any atom is -0.508 e. The fraction of sp³-hybridized carbons (Fsp3) is 0.133. The summed E-state index contributed by atoms with van der Waals surface area (Å²) in [6.07, 6.45) is 1.25. The molecule has 0 heterocycles. The second-order valence-corrected chi connectivity index (χ2v) is 4.24. The van der Waals surface area contributed by atoms with Gasteiger partial charge in [0.05, 0.1) is 6.04 Å². The molecule has 2 aromatic rings. The van der Waals surface area contributed by atoms with Crippen molar-refractivity contribution in [3.8, 4) is 17.2 Å². The quantitative estimate of drug-likeness (QED) is 0.806. The van der Waals surface area contributed by atoms with Gasteiger partial charge in [-0.25, -0.2) is 0 Å². The molecule has 1 atom stereocenters. The van der Waals surface area contributed by atoms with E-state index in [0.717, 1.165) is 11.8 Å². The molecule has 4 heteroatoms. The summed E-state index contributed by atoms with van der Waals surface area (Å²) in [6, 6.07) is 13.4. The van der Waals surface area contributed by atoms with Crippen molar-refractivity contribution in [3.63, 3.8) is 0 Å². The van der Waals surface area contributed by atoms with Crippen LogP contribution in [0.5, 0.6) is 17.2 Å². The molecule has 19 heavy (non-hydrogen) atoms. The highest BCUT2D eigenvalue weighted by molar-refractivity contribution is 5.57. The number of carbonyl (C=O) groups is 1. The average molecular weight is 257 g/mol. The summed E-state index contributed by atoms with van der Waals surface area (Å²) in [4.78, 5) is 10.5. The van der Waals surface area contributed by atoms with Crippen LogP contribution >= 0.6 is 0 Å². The van der Waals surface area contributed by atoms with Gasteiger partial charge in [0, 0.05) is 0 Å². The summed E-state index contributed by atoms with van der Waals surface area (Å²) in [5.41, 5.74) is 6.54. The van der Waals surface area contributed by atoms with Crippen molar-refractivity contribution >= 4 is 6.29 Å². The third-order valence-electron chi connectivity index (χ3n) is 2.64. The lowest BCUT2D eigenvalue weighted by molar-refractivity contribution is -0.108. The van der Waals surface area contributed by atoms with Crippen molar-refractivity contribution in [1.82, 2.24) is 0 Å². The molecule has 0 radical (unpaired) electrons. The molecule has 98 valence electrons. The van der Waals surface area contributed by atoms with Crippen molar-refractivity contribution in [1.29, 1.82) is 0 Å². The molecule has 0 unspecified atom stereocenters. The lowest BCUT2D eigenvalue weighted by Gasteiger charge is -2.08. The van der Waals surface area contributed by atoms with E-state index in [1.165, 1.54) is 0 Å². The van der Waals surface area contributed by atoms with E-state index in [0.29, 0.717) is 17.9 Å². The zero-order chi connectivity index (χ0) is 13.7. The standard InChI is InChI=1S/C15H15NO3/c16-12(10-17)9-11-1-5-14(6-2-11)19-15-7-3-13(18)4-8-15/h1-8,10,12,18H,9,16H2/t12-/m1/s1. The van der Waals surface area contributed by atoms with Gasteiger partial charge in [-0.1, -0.05) is 12.1 Å². The van der Waals surface area contributed by atoms with E-state index in [1.54, 1.807) is 24.3 Å². The molecule has 0 aromatic heterocycles. The van der Waals surface area contributed by atoms with Gasteiger partial charge in [0.25, 0.3) is 0 Å². The van der Waals surface area contributed by atoms with Gasteiger partial charge >= 0.3 is 0 Å². The van der Waals surface area contributed by atoms with Gasteiger partial charge in [-0.2, -0.15) is 0 Å². The number of nitrogens with two attached hydrogens (primary N) is 1. The first-order valence-electron chi connectivity index (χ1n) is 5.94. The SMILES string of the molecule is N[C@@H](C=O)Cc1ccc(Oc2ccc(O)cc2)cc1. The van der Waals surface area contributed by atoms with Gasteiger partial charge in [-0.3, -0.25) is 0 Å². The topological polar surface area (TPSA) is 72.6 Å². The van der Waals surface area contributed by atoms with Crippen LogP contribution in [0.3, 0.4) is 0 Å². The molecule has 0 aliphatic heterocycles. The Morgan fingerprint density at radius 3 is 2.11 bits per heavy atom. The van der Waals surface area contributed by atoms with Crippen LogP contribution in [0.1, 0.15) is 5.56 Å². The Morgan fingerprint density at radius 1 is 1.05 bits per heavy atom. The van der Waals surface area contributed by atoms with Gasteiger partial charge in [0.2, 0.25) is 0 Å². The number of ether oxygens (including phenoxy) is 1. The summed E-state index contributed by atoms with van der Waals surface area (Å²) < 4.78 is 5.61. The predicted octanol–water partition coefficient (Wildman–Crippen LogP) is 2.25. The average Bonchev–Trinajstić information content (AvgIpc) is 2.43. The minimum absolute atomic E-state index is 0.200. The van der Waals surface area contributed by atoms with Gasteiger partial charge in [0.15, 0.2) is 0 Å². The van der Waals surface area contributed by atoms with Crippen LogP contribution in [0.15, 0.2) is 48.5 Å². The fourth-order valence-electron chi connectivity index (χ4n) is 1.66. The number of aromatic hydroxyl groups is 1. The number of rotatable bonds is 5. The van der Waals surface area contributed by atoms with Crippen LogP contribution in [0, 0.1) is 0 Å². The van der Waals surface area contributed by atoms with E-state index in [-0.39, 0.29) is 5.75 Å². The minimum atomic E-state index is -0.469. The smallest absolute Gasteiger partial charge is 0.137 e. The zero-order valence-corrected chi connectivity index (χ0v) is 10.3. The maximum absolute atomic E-state index is 10.5. The second kappa shape index (κ2) is 6.02. The molecule has 0 bridgehead atoms. The molecule has 0 saturated heterocycles. The summed E-state index contributed by atoms with van der Waals surface area (Å²) in [7, 11) is 0. The van der Waals surface area contributed by atoms with Crippen LogP contribution in [-0.2, 0) is 11.2 Å². The van der Waals surface area contributed by atoms with Crippen molar-refractivity contribution in [2.45, 2.75) is 12.5 Å². The lowest BCUT2D eigenvalue weighted by atomic mass is 10.1. The first-order chi connectivity index (χ1) is 9.17. The third-order valence-corrected chi connectivity index (χ3v) is 2.64. The van der Waals surface area contributed by atoms with E-state index in [1.807, 2.05) is 24.3 Å². The monoisotopic (exact) mass is 257 g/mol. The first-order valence-corrected chi connectivity index (χ1v) is 5.94. The van der Waals surface area contributed by atoms with E-state index in [9.17, 15) is 9.90 Å². The Hall–Kier alpha value is -2.33. The molecule has 2 rings (SSSR count). The largest absolute Gasteiger partial charge is 0.508 e. The normalized spacial score (nSPS) is 11.8. The molecule has 4 nitrogen and oxygen atoms in total. The van der Waals surface area contributed by atoms with Crippen molar-refractivity contribution in [2.75, 3.05) is 0 Å². The van der Waals surface area contributed by atoms with Gasteiger partial charge in [-0.05, 0) is 48.4 Å². The summed E-state index contributed by atoms with van der Waals surface area (Å²) in [6.45, 7) is 0. The highest BCUT2D eigenvalue weighted by atomic mass is 16.5. The van der Waals surface area contributed by atoms with Crippen molar-refractivity contribution in [3.05, 3.63) is 54.1 Å². The zero-order valence-electron chi connectivity index (χ0n) is 10.3. The van der Waals surface area contributed by atoms with E-state index in [4.69, 9.17) is 10.5 Å². The highest BCUT2D eigenvalue weighted by Crippen LogP contribution is 2.23. The third kappa shape index (κ3) is 3.82. The molecule has 2 aromatic carbocycles. The molecule has 3 N–H and O–H groups in total. The summed E-state index contributed by atoms with van der Waals surface area (Å²) in [5.74, 6) is 1.54. The molecular weight excluding hydrogens is 242 g/mol. The summed E-state index contributed by atoms with van der Waals surface area (Å²) in [5, 5.41) is 9.17. The number of benzene rings is 2.